The molecule has 0 aromatic carbocycles. The van der Waals surface area contributed by atoms with Crippen LogP contribution in [0.5, 0.6) is 5.75 Å². The molecule has 1 aromatic heterocycles. The quantitative estimate of drug-likeness (QED) is 0.655. The lowest BCUT2D eigenvalue weighted by molar-refractivity contribution is 0.127. The first-order chi connectivity index (χ1) is 9.60. The summed E-state index contributed by atoms with van der Waals surface area (Å²) in [7, 11) is 5.73. The van der Waals surface area contributed by atoms with Gasteiger partial charge in [0.2, 0.25) is 0 Å². The molecule has 1 unspecified atom stereocenters. The normalized spacial score (nSPS) is 12.9. The first-order valence-electron chi connectivity index (χ1n) is 7.17. The highest BCUT2D eigenvalue weighted by Gasteiger charge is 2.18. The number of likely N-dealkylation sites (N-methyl/N-ethyl adjacent to an activating group) is 1. The van der Waals surface area contributed by atoms with Crippen molar-refractivity contribution in [2.75, 3.05) is 41.0 Å². The van der Waals surface area contributed by atoms with Crippen LogP contribution in [0.15, 0.2) is 6.20 Å². The molecule has 0 aliphatic carbocycles. The molecular weight excluding hydrogens is 256 g/mol. The molecule has 1 aromatic rings. The molecule has 20 heavy (non-hydrogen) atoms. The standard InChI is InChI=1S/C14H28N4O2/c1-5-9-20-10-6-12(15)14-13(19-4)11-16-18(14)8-7-17(2)3/h11-12H,5-10,15H2,1-4H3. The van der Waals surface area contributed by atoms with Crippen molar-refractivity contribution in [1.29, 1.82) is 0 Å². The third-order valence-corrected chi connectivity index (χ3v) is 3.10. The maximum atomic E-state index is 6.27. The minimum atomic E-state index is -0.119. The molecule has 0 fully saturated rings. The fraction of sp³-hybridized carbons (Fsp3) is 0.786. The van der Waals surface area contributed by atoms with Crippen molar-refractivity contribution in [2.45, 2.75) is 32.4 Å². The van der Waals surface area contributed by atoms with Crippen LogP contribution >= 0.6 is 0 Å². The Labute approximate surface area is 121 Å². The molecule has 0 radical (unpaired) electrons. The Morgan fingerprint density at radius 2 is 2.15 bits per heavy atom. The van der Waals surface area contributed by atoms with E-state index in [1.165, 1.54) is 0 Å². The number of aromatic nitrogens is 2. The van der Waals surface area contributed by atoms with Crippen molar-refractivity contribution in [3.05, 3.63) is 11.9 Å². The lowest BCUT2D eigenvalue weighted by Gasteiger charge is -2.17. The molecule has 1 heterocycles. The Hall–Kier alpha value is -1.11. The lowest BCUT2D eigenvalue weighted by Crippen LogP contribution is -2.24. The van der Waals surface area contributed by atoms with E-state index in [9.17, 15) is 0 Å². The number of hydrogen-bond acceptors (Lipinski definition) is 5. The van der Waals surface area contributed by atoms with Gasteiger partial charge in [-0.05, 0) is 26.9 Å². The molecule has 0 aliphatic heterocycles. The predicted molar refractivity (Wildman–Crippen MR) is 80.0 cm³/mol. The molecule has 0 saturated heterocycles. The van der Waals surface area contributed by atoms with Crippen LogP contribution in [0.25, 0.3) is 0 Å². The SMILES string of the molecule is CCCOCCC(N)c1c(OC)cnn1CCN(C)C. The zero-order valence-corrected chi connectivity index (χ0v) is 13.1. The Balaban J connectivity index is 2.66. The van der Waals surface area contributed by atoms with E-state index in [4.69, 9.17) is 15.2 Å². The summed E-state index contributed by atoms with van der Waals surface area (Å²) in [4.78, 5) is 2.12. The van der Waals surface area contributed by atoms with Gasteiger partial charge in [0, 0.05) is 19.8 Å². The summed E-state index contributed by atoms with van der Waals surface area (Å²) in [6, 6.07) is -0.119. The Bertz CT molecular complexity index is 379. The van der Waals surface area contributed by atoms with Gasteiger partial charge in [-0.25, -0.2) is 0 Å². The van der Waals surface area contributed by atoms with Crippen LogP contribution in [-0.4, -0.2) is 55.6 Å². The number of ether oxygens (including phenoxy) is 2. The van der Waals surface area contributed by atoms with Crippen molar-refractivity contribution < 1.29 is 9.47 Å². The van der Waals surface area contributed by atoms with Crippen LogP contribution in [0.3, 0.4) is 0 Å². The van der Waals surface area contributed by atoms with Gasteiger partial charge in [-0.3, -0.25) is 4.68 Å². The third kappa shape index (κ3) is 5.11. The number of nitrogens with zero attached hydrogens (tertiary/aromatic N) is 3. The highest BCUT2D eigenvalue weighted by atomic mass is 16.5. The summed E-state index contributed by atoms with van der Waals surface area (Å²) in [5.41, 5.74) is 7.22. The second-order valence-electron chi connectivity index (χ2n) is 5.13. The van der Waals surface area contributed by atoms with Gasteiger partial charge in [0.1, 0.15) is 0 Å². The van der Waals surface area contributed by atoms with E-state index in [0.717, 1.165) is 44.0 Å². The van der Waals surface area contributed by atoms with Gasteiger partial charge in [-0.2, -0.15) is 5.10 Å². The van der Waals surface area contributed by atoms with Gasteiger partial charge >= 0.3 is 0 Å². The van der Waals surface area contributed by atoms with Crippen molar-refractivity contribution >= 4 is 0 Å². The molecule has 116 valence electrons. The molecule has 0 bridgehead atoms. The summed E-state index contributed by atoms with van der Waals surface area (Å²) < 4.78 is 12.8. The van der Waals surface area contributed by atoms with Crippen LogP contribution in [-0.2, 0) is 11.3 Å². The smallest absolute Gasteiger partial charge is 0.161 e. The van der Waals surface area contributed by atoms with Crippen molar-refractivity contribution in [1.82, 2.24) is 14.7 Å². The highest BCUT2D eigenvalue weighted by molar-refractivity contribution is 5.28. The predicted octanol–water partition coefficient (Wildman–Crippen LogP) is 1.27. The second kappa shape index (κ2) is 8.94. The summed E-state index contributed by atoms with van der Waals surface area (Å²) in [5.74, 6) is 0.756. The Kier molecular flexibility index (Phi) is 7.58. The zero-order valence-electron chi connectivity index (χ0n) is 13.1. The van der Waals surface area contributed by atoms with E-state index in [1.54, 1.807) is 13.3 Å². The zero-order chi connectivity index (χ0) is 15.0. The van der Waals surface area contributed by atoms with Gasteiger partial charge in [0.05, 0.1) is 31.6 Å². The fourth-order valence-electron chi connectivity index (χ4n) is 1.98. The highest BCUT2D eigenvalue weighted by Crippen LogP contribution is 2.25. The molecule has 1 atom stereocenters. The molecule has 1 rings (SSSR count). The molecule has 2 N–H and O–H groups in total. The number of methoxy groups -OCH3 is 1. The number of nitrogens with two attached hydrogens (primary N) is 1. The summed E-state index contributed by atoms with van der Waals surface area (Å²) in [5, 5.41) is 4.37. The van der Waals surface area contributed by atoms with E-state index in [2.05, 4.69) is 16.9 Å². The summed E-state index contributed by atoms with van der Waals surface area (Å²) >= 11 is 0. The van der Waals surface area contributed by atoms with Crippen LogP contribution in [0.1, 0.15) is 31.5 Å². The second-order valence-corrected chi connectivity index (χ2v) is 5.13. The first-order valence-corrected chi connectivity index (χ1v) is 7.17. The van der Waals surface area contributed by atoms with Crippen LogP contribution < -0.4 is 10.5 Å². The summed E-state index contributed by atoms with van der Waals surface area (Å²) in [6.45, 7) is 5.26. The third-order valence-electron chi connectivity index (χ3n) is 3.10. The summed E-state index contributed by atoms with van der Waals surface area (Å²) in [6.07, 6.45) is 3.53. The largest absolute Gasteiger partial charge is 0.493 e. The molecule has 0 amide bonds. The van der Waals surface area contributed by atoms with Crippen molar-refractivity contribution in [3.8, 4) is 5.75 Å². The maximum Gasteiger partial charge on any atom is 0.161 e. The lowest BCUT2D eigenvalue weighted by atomic mass is 10.1. The minimum Gasteiger partial charge on any atom is -0.493 e. The molecular formula is C14H28N4O2. The Morgan fingerprint density at radius 3 is 2.75 bits per heavy atom. The number of rotatable bonds is 10. The van der Waals surface area contributed by atoms with Crippen LogP contribution in [0, 0.1) is 0 Å². The topological polar surface area (TPSA) is 65.5 Å². The van der Waals surface area contributed by atoms with E-state index in [0.29, 0.717) is 6.61 Å². The van der Waals surface area contributed by atoms with E-state index < -0.39 is 0 Å². The number of hydrogen-bond donors (Lipinski definition) is 1. The maximum absolute atomic E-state index is 6.27. The van der Waals surface area contributed by atoms with Gasteiger partial charge in [-0.1, -0.05) is 6.92 Å². The molecule has 0 saturated carbocycles. The molecule has 0 spiro atoms. The molecule has 6 heteroatoms. The van der Waals surface area contributed by atoms with Crippen LogP contribution in [0.4, 0.5) is 0 Å². The van der Waals surface area contributed by atoms with Crippen LogP contribution in [0.2, 0.25) is 0 Å². The minimum absolute atomic E-state index is 0.119. The van der Waals surface area contributed by atoms with E-state index in [1.807, 2.05) is 18.8 Å². The Morgan fingerprint density at radius 1 is 1.40 bits per heavy atom. The van der Waals surface area contributed by atoms with E-state index >= 15 is 0 Å². The molecule has 0 aliphatic rings. The monoisotopic (exact) mass is 284 g/mol. The average Bonchev–Trinajstić information content (AvgIpc) is 2.84. The van der Waals surface area contributed by atoms with Crippen molar-refractivity contribution in [3.63, 3.8) is 0 Å². The van der Waals surface area contributed by atoms with Gasteiger partial charge in [0.15, 0.2) is 5.75 Å². The van der Waals surface area contributed by atoms with Gasteiger partial charge in [-0.15, -0.1) is 0 Å². The van der Waals surface area contributed by atoms with Gasteiger partial charge < -0.3 is 20.1 Å². The average molecular weight is 284 g/mol. The van der Waals surface area contributed by atoms with Gasteiger partial charge in [0.25, 0.3) is 0 Å². The first kappa shape index (κ1) is 16.9. The fourth-order valence-corrected chi connectivity index (χ4v) is 1.98. The van der Waals surface area contributed by atoms with E-state index in [-0.39, 0.29) is 6.04 Å². The molecule has 6 nitrogen and oxygen atoms in total. The van der Waals surface area contributed by atoms with Crippen molar-refractivity contribution in [2.24, 2.45) is 5.73 Å².